The van der Waals surface area contributed by atoms with Crippen molar-refractivity contribution in [3.63, 3.8) is 0 Å². The lowest BCUT2D eigenvalue weighted by Gasteiger charge is -2.29. The molecule has 55 heavy (non-hydrogen) atoms. The van der Waals surface area contributed by atoms with Gasteiger partial charge in [-0.05, 0) is 48.6 Å². The molecule has 2 unspecified atom stereocenters. The van der Waals surface area contributed by atoms with E-state index in [4.69, 9.17) is 4.98 Å². The van der Waals surface area contributed by atoms with Crippen LogP contribution in [0.15, 0.2) is 47.4 Å². The number of nitrogens with one attached hydrogen (secondary N) is 4. The van der Waals surface area contributed by atoms with Gasteiger partial charge < -0.3 is 35.5 Å². The van der Waals surface area contributed by atoms with Crippen LogP contribution in [0.1, 0.15) is 77.1 Å². The second-order valence-electron chi connectivity index (χ2n) is 14.8. The van der Waals surface area contributed by atoms with Crippen molar-refractivity contribution in [2.24, 2.45) is 11.8 Å². The number of nitrogens with zero attached hydrogens (tertiary/aromatic N) is 4. The second-order valence-corrected chi connectivity index (χ2v) is 16.6. The van der Waals surface area contributed by atoms with Crippen LogP contribution in [0, 0.1) is 11.8 Å². The van der Waals surface area contributed by atoms with Crippen molar-refractivity contribution < 1.29 is 29.1 Å². The first kappa shape index (κ1) is 37.9. The van der Waals surface area contributed by atoms with Crippen LogP contribution < -0.4 is 10.6 Å². The smallest absolute Gasteiger partial charge is 0.405 e. The van der Waals surface area contributed by atoms with E-state index in [1.54, 1.807) is 38.7 Å². The molecule has 2 aliphatic rings. The maximum atomic E-state index is 13.5. The Balaban J connectivity index is 1.06. The van der Waals surface area contributed by atoms with Gasteiger partial charge in [0, 0.05) is 35.0 Å². The van der Waals surface area contributed by atoms with E-state index < -0.39 is 24.1 Å². The fourth-order valence-corrected chi connectivity index (χ4v) is 10.1. The van der Waals surface area contributed by atoms with Crippen molar-refractivity contribution in [1.29, 1.82) is 0 Å². The molecule has 14 nitrogen and oxygen atoms in total. The third-order valence-corrected chi connectivity index (χ3v) is 12.7. The number of carboxylic acid groups (broad SMARTS) is 1. The van der Waals surface area contributed by atoms with Gasteiger partial charge in [0.2, 0.25) is 18.1 Å². The standard InChI is InChI=1S/C39H44N8O6S2/c1-20(2)31(44-30(49)17-48)37(50)46-13-5-7-28(46)35-40-15-26(42-35)23-11-9-22(10-12-23)24-18-54-34-25(19-55-33(24)34)27-16-41-36(43-27)29-8-6-14-47(29)38(51)32(21(3)4)45-39(52)53/h9-12,15-21,28-29,31-32,45H,5-8,13-14H2,1-4H3,(H,40,42)(H,41,43)(H,44,49)(H,52,53)/t28?,29?,31-,32-/m0/s1. The van der Waals surface area contributed by atoms with Crippen LogP contribution in [0.5, 0.6) is 0 Å². The molecular weight excluding hydrogens is 741 g/mol. The summed E-state index contributed by atoms with van der Waals surface area (Å²) in [4.78, 5) is 80.9. The number of thiophene rings is 2. The van der Waals surface area contributed by atoms with Gasteiger partial charge in [-0.25, -0.2) is 14.8 Å². The van der Waals surface area contributed by atoms with Gasteiger partial charge in [-0.1, -0.05) is 52.0 Å². The van der Waals surface area contributed by atoms with Crippen LogP contribution in [-0.4, -0.2) is 90.1 Å². The van der Waals surface area contributed by atoms with Crippen LogP contribution in [0.4, 0.5) is 4.79 Å². The van der Waals surface area contributed by atoms with Crippen molar-refractivity contribution in [2.75, 3.05) is 13.1 Å². The highest BCUT2D eigenvalue weighted by Gasteiger charge is 2.39. The fraction of sp³-hybridized carbons (Fsp3) is 0.410. The van der Waals surface area contributed by atoms with E-state index in [0.717, 1.165) is 64.0 Å². The molecule has 0 saturated carbocycles. The maximum absolute atomic E-state index is 13.5. The molecule has 5 aromatic rings. The average Bonchev–Trinajstić information content (AvgIpc) is 4.01. The van der Waals surface area contributed by atoms with Crippen molar-refractivity contribution in [2.45, 2.75) is 77.5 Å². The summed E-state index contributed by atoms with van der Waals surface area (Å²) in [5.41, 5.74) is 5.92. The summed E-state index contributed by atoms with van der Waals surface area (Å²) in [7, 11) is 0. The Hall–Kier alpha value is -5.35. The SMILES string of the molecule is CC(C)[C@H](NC(=O)C=O)C(=O)N1CCCC1c1ncc(-c2ccc(-c3csc4c(-c5cnc(C6CCCN6C(=O)[C@@H](NC(=O)O)C(C)C)[nH]5)csc34)cc2)[nH]1. The van der Waals surface area contributed by atoms with E-state index in [1.807, 2.05) is 33.9 Å². The molecule has 1 aromatic carbocycles. The molecule has 0 aliphatic carbocycles. The van der Waals surface area contributed by atoms with Crippen molar-refractivity contribution >= 4 is 62.2 Å². The van der Waals surface area contributed by atoms with Gasteiger partial charge in [0.1, 0.15) is 23.7 Å². The zero-order valence-electron chi connectivity index (χ0n) is 31.0. The van der Waals surface area contributed by atoms with Gasteiger partial charge in [0.05, 0.1) is 45.3 Å². The number of fused-ring (bicyclic) bond motifs is 1. The lowest BCUT2D eigenvalue weighted by atomic mass is 10.0. The van der Waals surface area contributed by atoms with Gasteiger partial charge in [-0.3, -0.25) is 19.2 Å². The predicted octanol–water partition coefficient (Wildman–Crippen LogP) is 6.37. The molecule has 7 rings (SSSR count). The molecule has 4 atom stereocenters. The molecule has 2 fully saturated rings. The summed E-state index contributed by atoms with van der Waals surface area (Å²) in [5, 5.41) is 18.6. The number of carbonyl (C=O) groups excluding carboxylic acids is 4. The Kier molecular flexibility index (Phi) is 10.9. The van der Waals surface area contributed by atoms with E-state index in [-0.39, 0.29) is 42.0 Å². The summed E-state index contributed by atoms with van der Waals surface area (Å²) in [6.45, 7) is 8.44. The largest absolute Gasteiger partial charge is 0.465 e. The van der Waals surface area contributed by atoms with E-state index in [0.29, 0.717) is 24.7 Å². The number of aldehydes is 1. The number of H-pyrrole nitrogens is 2. The summed E-state index contributed by atoms with van der Waals surface area (Å²) in [6, 6.07) is 6.16. The summed E-state index contributed by atoms with van der Waals surface area (Å²) >= 11 is 3.34. The predicted molar refractivity (Wildman–Crippen MR) is 210 cm³/mol. The Morgan fingerprint density at radius 1 is 0.764 bits per heavy atom. The number of aromatic nitrogens is 4. The average molecular weight is 785 g/mol. The molecule has 0 radical (unpaired) electrons. The molecule has 4 aromatic heterocycles. The van der Waals surface area contributed by atoms with Crippen molar-refractivity contribution in [3.8, 4) is 33.6 Å². The molecule has 2 saturated heterocycles. The second kappa shape index (κ2) is 15.8. The number of hydrogen-bond donors (Lipinski definition) is 5. The minimum atomic E-state index is -1.21. The molecule has 2 aliphatic heterocycles. The Morgan fingerprint density at radius 2 is 1.25 bits per heavy atom. The van der Waals surface area contributed by atoms with Gasteiger partial charge >= 0.3 is 6.09 Å². The van der Waals surface area contributed by atoms with Crippen LogP contribution in [0.3, 0.4) is 0 Å². The number of aromatic amines is 2. The summed E-state index contributed by atoms with van der Waals surface area (Å²) in [5.74, 6) is -0.256. The highest BCUT2D eigenvalue weighted by atomic mass is 32.1. The molecule has 4 amide bonds. The lowest BCUT2D eigenvalue weighted by Crippen LogP contribution is -2.51. The first-order valence-electron chi connectivity index (χ1n) is 18.5. The van der Waals surface area contributed by atoms with Crippen LogP contribution in [0.2, 0.25) is 0 Å². The molecule has 288 valence electrons. The van der Waals surface area contributed by atoms with Crippen LogP contribution >= 0.6 is 22.7 Å². The lowest BCUT2D eigenvalue weighted by molar-refractivity contribution is -0.140. The summed E-state index contributed by atoms with van der Waals surface area (Å²) < 4.78 is 2.31. The maximum Gasteiger partial charge on any atom is 0.405 e. The Morgan fingerprint density at radius 3 is 1.80 bits per heavy atom. The van der Waals surface area contributed by atoms with Crippen molar-refractivity contribution in [1.82, 2.24) is 40.4 Å². The highest BCUT2D eigenvalue weighted by molar-refractivity contribution is 7.27. The number of amides is 4. The van der Waals surface area contributed by atoms with Gasteiger partial charge in [0.25, 0.3) is 5.91 Å². The number of rotatable bonds is 12. The van der Waals surface area contributed by atoms with Gasteiger partial charge in [0.15, 0.2) is 0 Å². The first-order chi connectivity index (χ1) is 26.4. The van der Waals surface area contributed by atoms with Crippen LogP contribution in [-0.2, 0) is 19.2 Å². The monoisotopic (exact) mass is 784 g/mol. The number of hydrogen-bond acceptors (Lipinski definition) is 9. The fourth-order valence-electron chi connectivity index (χ4n) is 7.67. The first-order valence-corrected chi connectivity index (χ1v) is 20.3. The number of likely N-dealkylation sites (tertiary alicyclic amines) is 2. The van der Waals surface area contributed by atoms with Crippen molar-refractivity contribution in [3.05, 3.63) is 59.1 Å². The molecule has 6 heterocycles. The van der Waals surface area contributed by atoms with E-state index in [2.05, 4.69) is 60.6 Å². The number of benzene rings is 1. The summed E-state index contributed by atoms with van der Waals surface area (Å²) in [6.07, 6.45) is 5.68. The molecular formula is C39H44N8O6S2. The van der Waals surface area contributed by atoms with E-state index in [1.165, 1.54) is 4.70 Å². The topological polar surface area (TPSA) is 193 Å². The van der Waals surface area contributed by atoms with E-state index in [9.17, 15) is 29.1 Å². The minimum absolute atomic E-state index is 0.187. The minimum Gasteiger partial charge on any atom is -0.465 e. The van der Waals surface area contributed by atoms with Crippen LogP contribution in [0.25, 0.3) is 43.0 Å². The normalized spacial score (nSPS) is 18.3. The molecule has 16 heteroatoms. The quantitative estimate of drug-likeness (QED) is 0.0712. The third-order valence-electron chi connectivity index (χ3n) is 10.5. The molecule has 5 N–H and O–H groups in total. The zero-order chi connectivity index (χ0) is 39.0. The zero-order valence-corrected chi connectivity index (χ0v) is 32.6. The number of carbonyl (C=O) groups is 5. The molecule has 0 bridgehead atoms. The van der Waals surface area contributed by atoms with Gasteiger partial charge in [-0.15, -0.1) is 22.7 Å². The Labute approximate surface area is 325 Å². The molecule has 0 spiro atoms. The van der Waals surface area contributed by atoms with Gasteiger partial charge in [-0.2, -0.15) is 0 Å². The third kappa shape index (κ3) is 7.52. The van der Waals surface area contributed by atoms with E-state index >= 15 is 0 Å². The Bertz CT molecular complexity index is 2220. The highest BCUT2D eigenvalue weighted by Crippen LogP contribution is 2.44. The number of imidazole rings is 2.